The Bertz CT molecular complexity index is 518. The summed E-state index contributed by atoms with van der Waals surface area (Å²) in [6.45, 7) is 8.83. The second kappa shape index (κ2) is 5.56. The van der Waals surface area contributed by atoms with E-state index in [-0.39, 0.29) is 23.2 Å². The number of hydrogen-bond acceptors (Lipinski definition) is 4. The van der Waals surface area contributed by atoms with Crippen LogP contribution >= 0.6 is 0 Å². The molecule has 108 valence electrons. The SMILES string of the molecule is C=CC(=O)N1CCC(Nc2ncncc2F)C(C)(C)C1. The molecule has 1 saturated heterocycles. The second-order valence-corrected chi connectivity index (χ2v) is 5.66. The Kier molecular flexibility index (Phi) is 4.01. The van der Waals surface area contributed by atoms with E-state index in [9.17, 15) is 9.18 Å². The van der Waals surface area contributed by atoms with Crippen molar-refractivity contribution in [3.05, 3.63) is 31.0 Å². The third kappa shape index (κ3) is 2.95. The van der Waals surface area contributed by atoms with Crippen LogP contribution in [0.4, 0.5) is 10.2 Å². The van der Waals surface area contributed by atoms with Crippen LogP contribution in [0, 0.1) is 11.2 Å². The number of anilines is 1. The van der Waals surface area contributed by atoms with Crippen molar-refractivity contribution in [1.82, 2.24) is 14.9 Å². The predicted octanol–water partition coefficient (Wildman–Crippen LogP) is 1.84. The number of halogens is 1. The normalized spacial score (nSPS) is 21.4. The van der Waals surface area contributed by atoms with Gasteiger partial charge in [-0.25, -0.2) is 14.4 Å². The molecule has 1 amide bonds. The van der Waals surface area contributed by atoms with E-state index in [4.69, 9.17) is 0 Å². The fourth-order valence-corrected chi connectivity index (χ4v) is 2.53. The van der Waals surface area contributed by atoms with Gasteiger partial charge in [0.05, 0.1) is 6.20 Å². The maximum absolute atomic E-state index is 13.6. The van der Waals surface area contributed by atoms with Crippen LogP contribution in [-0.2, 0) is 4.79 Å². The van der Waals surface area contributed by atoms with Crippen LogP contribution < -0.4 is 5.32 Å². The first-order valence-corrected chi connectivity index (χ1v) is 6.57. The third-order valence-corrected chi connectivity index (χ3v) is 3.69. The van der Waals surface area contributed by atoms with Gasteiger partial charge in [-0.2, -0.15) is 0 Å². The highest BCUT2D eigenvalue weighted by atomic mass is 19.1. The van der Waals surface area contributed by atoms with Gasteiger partial charge in [-0.15, -0.1) is 0 Å². The van der Waals surface area contributed by atoms with Gasteiger partial charge in [-0.3, -0.25) is 4.79 Å². The van der Waals surface area contributed by atoms with Gasteiger partial charge in [0.15, 0.2) is 11.6 Å². The quantitative estimate of drug-likeness (QED) is 0.857. The molecule has 0 aromatic carbocycles. The van der Waals surface area contributed by atoms with Crippen molar-refractivity contribution in [3.63, 3.8) is 0 Å². The Morgan fingerprint density at radius 2 is 2.40 bits per heavy atom. The van der Waals surface area contributed by atoms with Crippen LogP contribution in [0.25, 0.3) is 0 Å². The number of aromatic nitrogens is 2. The van der Waals surface area contributed by atoms with Crippen LogP contribution in [0.1, 0.15) is 20.3 Å². The standard InChI is InChI=1S/C14H19FN4O/c1-4-12(20)19-6-5-11(14(2,3)8-19)18-13-10(15)7-16-9-17-13/h4,7,9,11H,1,5-6,8H2,2-3H3,(H,16,17,18). The number of carbonyl (C=O) groups excluding carboxylic acids is 1. The van der Waals surface area contributed by atoms with E-state index in [1.54, 1.807) is 4.90 Å². The third-order valence-electron chi connectivity index (χ3n) is 3.69. The largest absolute Gasteiger partial charge is 0.364 e. The monoisotopic (exact) mass is 278 g/mol. The molecular weight excluding hydrogens is 259 g/mol. The van der Waals surface area contributed by atoms with Gasteiger partial charge in [0, 0.05) is 24.5 Å². The highest BCUT2D eigenvalue weighted by Crippen LogP contribution is 2.31. The average molecular weight is 278 g/mol. The highest BCUT2D eigenvalue weighted by molar-refractivity contribution is 5.87. The van der Waals surface area contributed by atoms with E-state index < -0.39 is 5.82 Å². The molecule has 20 heavy (non-hydrogen) atoms. The first kappa shape index (κ1) is 14.4. The summed E-state index contributed by atoms with van der Waals surface area (Å²) in [4.78, 5) is 21.0. The van der Waals surface area contributed by atoms with E-state index in [0.29, 0.717) is 13.1 Å². The lowest BCUT2D eigenvalue weighted by atomic mass is 9.79. The molecule has 6 heteroatoms. The summed E-state index contributed by atoms with van der Waals surface area (Å²) in [6.07, 6.45) is 4.51. The van der Waals surface area contributed by atoms with Gasteiger partial charge < -0.3 is 10.2 Å². The molecule has 0 aliphatic carbocycles. The minimum absolute atomic E-state index is 0.0424. The van der Waals surface area contributed by atoms with Crippen molar-refractivity contribution in [3.8, 4) is 0 Å². The Hall–Kier alpha value is -1.98. The molecule has 2 heterocycles. The zero-order valence-electron chi connectivity index (χ0n) is 11.8. The lowest BCUT2D eigenvalue weighted by molar-refractivity contribution is -0.129. The Morgan fingerprint density at radius 1 is 1.65 bits per heavy atom. The molecule has 1 N–H and O–H groups in total. The minimum atomic E-state index is -0.465. The molecule has 5 nitrogen and oxygen atoms in total. The van der Waals surface area contributed by atoms with Crippen molar-refractivity contribution in [2.45, 2.75) is 26.3 Å². The Labute approximate surface area is 117 Å². The molecule has 1 aliphatic heterocycles. The average Bonchev–Trinajstić information content (AvgIpc) is 2.42. The van der Waals surface area contributed by atoms with Gasteiger partial charge in [-0.05, 0) is 12.5 Å². The maximum Gasteiger partial charge on any atom is 0.245 e. The topological polar surface area (TPSA) is 58.1 Å². The van der Waals surface area contributed by atoms with Gasteiger partial charge in [-0.1, -0.05) is 20.4 Å². The van der Waals surface area contributed by atoms with E-state index >= 15 is 0 Å². The van der Waals surface area contributed by atoms with Crippen molar-refractivity contribution >= 4 is 11.7 Å². The van der Waals surface area contributed by atoms with Crippen LogP contribution in [0.5, 0.6) is 0 Å². The molecule has 0 spiro atoms. The Balaban J connectivity index is 2.09. The summed E-state index contributed by atoms with van der Waals surface area (Å²) >= 11 is 0. The molecule has 0 bridgehead atoms. The lowest BCUT2D eigenvalue weighted by Crippen LogP contribution is -2.53. The van der Waals surface area contributed by atoms with Crippen molar-refractivity contribution in [2.24, 2.45) is 5.41 Å². The summed E-state index contributed by atoms with van der Waals surface area (Å²) in [5.74, 6) is -0.320. The molecule has 1 aliphatic rings. The second-order valence-electron chi connectivity index (χ2n) is 5.66. The molecule has 0 saturated carbocycles. The molecular formula is C14H19FN4O. The molecule has 1 aromatic heterocycles. The fraction of sp³-hybridized carbons (Fsp3) is 0.500. The molecule has 1 unspecified atom stereocenters. The zero-order chi connectivity index (χ0) is 14.8. The van der Waals surface area contributed by atoms with E-state index in [1.807, 2.05) is 13.8 Å². The smallest absolute Gasteiger partial charge is 0.245 e. The molecule has 1 fully saturated rings. The number of carbonyl (C=O) groups is 1. The summed E-state index contributed by atoms with van der Waals surface area (Å²) in [5.41, 5.74) is -0.186. The van der Waals surface area contributed by atoms with Crippen molar-refractivity contribution < 1.29 is 9.18 Å². The lowest BCUT2D eigenvalue weighted by Gasteiger charge is -2.44. The van der Waals surface area contributed by atoms with Gasteiger partial charge in [0.1, 0.15) is 6.33 Å². The number of likely N-dealkylation sites (tertiary alicyclic amines) is 1. The van der Waals surface area contributed by atoms with E-state index in [0.717, 1.165) is 12.6 Å². The van der Waals surface area contributed by atoms with Gasteiger partial charge in [0.2, 0.25) is 5.91 Å². The number of nitrogens with one attached hydrogen (secondary N) is 1. The van der Waals surface area contributed by atoms with E-state index in [1.165, 1.54) is 12.4 Å². The number of nitrogens with zero attached hydrogens (tertiary/aromatic N) is 3. The van der Waals surface area contributed by atoms with E-state index in [2.05, 4.69) is 21.9 Å². The fourth-order valence-electron chi connectivity index (χ4n) is 2.53. The minimum Gasteiger partial charge on any atom is -0.364 e. The van der Waals surface area contributed by atoms with Crippen LogP contribution in [0.2, 0.25) is 0 Å². The number of rotatable bonds is 3. The summed E-state index contributed by atoms with van der Waals surface area (Å²) in [6, 6.07) is 0.0424. The van der Waals surface area contributed by atoms with Crippen molar-refractivity contribution in [2.75, 3.05) is 18.4 Å². The van der Waals surface area contributed by atoms with Crippen LogP contribution in [-0.4, -0.2) is 39.9 Å². The maximum atomic E-state index is 13.6. The number of piperidine rings is 1. The molecule has 2 rings (SSSR count). The highest BCUT2D eigenvalue weighted by Gasteiger charge is 2.37. The molecule has 1 aromatic rings. The summed E-state index contributed by atoms with van der Waals surface area (Å²) in [5, 5.41) is 3.13. The Morgan fingerprint density at radius 3 is 3.00 bits per heavy atom. The van der Waals surface area contributed by atoms with Crippen LogP contribution in [0.15, 0.2) is 25.2 Å². The number of hydrogen-bond donors (Lipinski definition) is 1. The molecule has 1 atom stereocenters. The first-order valence-electron chi connectivity index (χ1n) is 6.57. The first-order chi connectivity index (χ1) is 9.44. The molecule has 0 radical (unpaired) electrons. The number of amides is 1. The van der Waals surface area contributed by atoms with Crippen LogP contribution in [0.3, 0.4) is 0 Å². The van der Waals surface area contributed by atoms with Gasteiger partial charge in [0.25, 0.3) is 0 Å². The van der Waals surface area contributed by atoms with Crippen molar-refractivity contribution in [1.29, 1.82) is 0 Å². The zero-order valence-corrected chi connectivity index (χ0v) is 11.8. The van der Waals surface area contributed by atoms with Gasteiger partial charge >= 0.3 is 0 Å². The summed E-state index contributed by atoms with van der Waals surface area (Å²) < 4.78 is 13.6. The predicted molar refractivity (Wildman–Crippen MR) is 74.6 cm³/mol. The summed E-state index contributed by atoms with van der Waals surface area (Å²) in [7, 11) is 0.